The van der Waals surface area contributed by atoms with Gasteiger partial charge in [0.15, 0.2) is 0 Å². The van der Waals surface area contributed by atoms with E-state index < -0.39 is 12.8 Å². The first-order chi connectivity index (χ1) is 11.0. The highest BCUT2D eigenvalue weighted by Crippen LogP contribution is 2.14. The van der Waals surface area contributed by atoms with Gasteiger partial charge in [0.25, 0.3) is 5.91 Å². The first-order valence-electron chi connectivity index (χ1n) is 7.07. The smallest absolute Gasteiger partial charge is 0.370 e. The van der Waals surface area contributed by atoms with Crippen molar-refractivity contribution in [3.05, 3.63) is 59.9 Å². The number of ether oxygens (including phenoxy) is 1. The van der Waals surface area contributed by atoms with Crippen LogP contribution in [0, 0.1) is 0 Å². The third-order valence-electron chi connectivity index (χ3n) is 3.06. The number of carbonyl (C=O) groups is 1. The van der Waals surface area contributed by atoms with Crippen molar-refractivity contribution in [1.82, 2.24) is 9.88 Å². The van der Waals surface area contributed by atoms with E-state index in [0.29, 0.717) is 12.2 Å². The van der Waals surface area contributed by atoms with Gasteiger partial charge >= 0.3 is 6.18 Å². The van der Waals surface area contributed by atoms with Gasteiger partial charge in [0.05, 0.1) is 6.61 Å². The maximum atomic E-state index is 12.1. The monoisotopic (exact) mass is 326 g/mol. The number of nitrogens with zero attached hydrogens (tertiary/aromatic N) is 1. The van der Waals surface area contributed by atoms with Gasteiger partial charge in [0.1, 0.15) is 12.3 Å². The maximum Gasteiger partial charge on any atom is 0.411 e. The predicted octanol–water partition coefficient (Wildman–Crippen LogP) is 2.85. The minimum absolute atomic E-state index is 0.0193. The van der Waals surface area contributed by atoms with Crippen LogP contribution in [0.1, 0.15) is 16.1 Å². The fraction of sp³-hybridized carbons (Fsp3) is 0.312. The molecule has 0 radical (unpaired) electrons. The zero-order chi connectivity index (χ0) is 16.7. The molecule has 0 aliphatic carbocycles. The van der Waals surface area contributed by atoms with E-state index >= 15 is 0 Å². The third-order valence-corrected chi connectivity index (χ3v) is 3.06. The molecule has 1 heterocycles. The van der Waals surface area contributed by atoms with Gasteiger partial charge < -0.3 is 14.6 Å². The lowest BCUT2D eigenvalue weighted by atomic mass is 10.2. The van der Waals surface area contributed by atoms with Crippen molar-refractivity contribution in [2.75, 3.05) is 19.8 Å². The normalized spacial score (nSPS) is 11.4. The molecule has 0 spiro atoms. The summed E-state index contributed by atoms with van der Waals surface area (Å²) >= 11 is 0. The molecule has 0 atom stereocenters. The molecule has 0 bridgehead atoms. The van der Waals surface area contributed by atoms with Crippen LogP contribution in [0.3, 0.4) is 0 Å². The Hall–Kier alpha value is -2.28. The van der Waals surface area contributed by atoms with Crippen molar-refractivity contribution in [3.8, 4) is 0 Å². The Morgan fingerprint density at radius 1 is 1.13 bits per heavy atom. The van der Waals surface area contributed by atoms with Gasteiger partial charge in [-0.15, -0.1) is 0 Å². The standard InChI is InChI=1S/C16H17F3N2O2/c17-16(18,19)12-23-10-8-20-15(22)14-7-4-9-21(14)11-13-5-2-1-3-6-13/h1-7,9H,8,10-12H2,(H,20,22). The Balaban J connectivity index is 1.83. The van der Waals surface area contributed by atoms with Crippen LogP contribution in [0.25, 0.3) is 0 Å². The fourth-order valence-corrected chi connectivity index (χ4v) is 2.05. The van der Waals surface area contributed by atoms with E-state index in [2.05, 4.69) is 10.1 Å². The van der Waals surface area contributed by atoms with Crippen molar-refractivity contribution in [3.63, 3.8) is 0 Å². The predicted molar refractivity (Wildman–Crippen MR) is 79.2 cm³/mol. The largest absolute Gasteiger partial charge is 0.411 e. The van der Waals surface area contributed by atoms with Crippen molar-refractivity contribution in [1.29, 1.82) is 0 Å². The molecule has 1 aromatic carbocycles. The SMILES string of the molecule is O=C(NCCOCC(F)(F)F)c1cccn1Cc1ccccc1. The molecule has 1 amide bonds. The van der Waals surface area contributed by atoms with Crippen LogP contribution in [0.15, 0.2) is 48.7 Å². The first kappa shape index (κ1) is 17.1. The Labute approximate surface area is 131 Å². The molecule has 0 aliphatic rings. The lowest BCUT2D eigenvalue weighted by Crippen LogP contribution is -2.30. The quantitative estimate of drug-likeness (QED) is 0.795. The number of amides is 1. The summed E-state index contributed by atoms with van der Waals surface area (Å²) in [6.07, 6.45) is -2.57. The summed E-state index contributed by atoms with van der Waals surface area (Å²) in [7, 11) is 0. The fourth-order valence-electron chi connectivity index (χ4n) is 2.05. The van der Waals surface area contributed by atoms with Crippen molar-refractivity contribution >= 4 is 5.91 Å². The number of hydrogen-bond acceptors (Lipinski definition) is 2. The molecule has 0 fully saturated rings. The van der Waals surface area contributed by atoms with Crippen LogP contribution in [0.4, 0.5) is 13.2 Å². The molecule has 124 valence electrons. The van der Waals surface area contributed by atoms with Crippen LogP contribution in [-0.2, 0) is 11.3 Å². The molecule has 1 N–H and O–H groups in total. The second kappa shape index (κ2) is 7.82. The number of hydrogen-bond donors (Lipinski definition) is 1. The Kier molecular flexibility index (Phi) is 5.81. The van der Waals surface area contributed by atoms with E-state index in [1.54, 1.807) is 22.9 Å². The van der Waals surface area contributed by atoms with Crippen LogP contribution < -0.4 is 5.32 Å². The first-order valence-corrected chi connectivity index (χ1v) is 7.07. The van der Waals surface area contributed by atoms with Gasteiger partial charge in [-0.3, -0.25) is 4.79 Å². The van der Waals surface area contributed by atoms with E-state index in [-0.39, 0.29) is 19.1 Å². The van der Waals surface area contributed by atoms with Crippen LogP contribution in [0.5, 0.6) is 0 Å². The highest BCUT2D eigenvalue weighted by molar-refractivity contribution is 5.92. The highest BCUT2D eigenvalue weighted by atomic mass is 19.4. The van der Waals surface area contributed by atoms with Crippen LogP contribution in [0.2, 0.25) is 0 Å². The minimum Gasteiger partial charge on any atom is -0.370 e. The molecule has 7 heteroatoms. The van der Waals surface area contributed by atoms with Gasteiger partial charge in [-0.2, -0.15) is 13.2 Å². The number of aromatic nitrogens is 1. The van der Waals surface area contributed by atoms with Crippen molar-refractivity contribution in [2.45, 2.75) is 12.7 Å². The Morgan fingerprint density at radius 2 is 1.87 bits per heavy atom. The zero-order valence-corrected chi connectivity index (χ0v) is 12.3. The molecule has 2 rings (SSSR count). The molecular formula is C16H17F3N2O2. The Morgan fingerprint density at radius 3 is 2.57 bits per heavy atom. The zero-order valence-electron chi connectivity index (χ0n) is 12.3. The number of nitrogens with one attached hydrogen (secondary N) is 1. The van der Waals surface area contributed by atoms with Gasteiger partial charge in [-0.1, -0.05) is 30.3 Å². The summed E-state index contributed by atoms with van der Waals surface area (Å²) in [5, 5.41) is 2.55. The molecule has 0 unspecified atom stereocenters. The number of alkyl halides is 3. The lowest BCUT2D eigenvalue weighted by molar-refractivity contribution is -0.173. The van der Waals surface area contributed by atoms with Gasteiger partial charge in [0.2, 0.25) is 0 Å². The summed E-state index contributed by atoms with van der Waals surface area (Å²) in [6, 6.07) is 13.0. The van der Waals surface area contributed by atoms with Gasteiger partial charge in [-0.05, 0) is 17.7 Å². The van der Waals surface area contributed by atoms with Crippen molar-refractivity contribution < 1.29 is 22.7 Å². The Bertz CT molecular complexity index is 624. The minimum atomic E-state index is -4.35. The van der Waals surface area contributed by atoms with Crippen molar-refractivity contribution in [2.24, 2.45) is 0 Å². The second-order valence-electron chi connectivity index (χ2n) is 4.93. The average Bonchev–Trinajstić information content (AvgIpc) is 2.95. The summed E-state index contributed by atoms with van der Waals surface area (Å²) in [6.45, 7) is -0.940. The summed E-state index contributed by atoms with van der Waals surface area (Å²) < 4.78 is 42.0. The second-order valence-corrected chi connectivity index (χ2v) is 4.93. The molecule has 2 aromatic rings. The van der Waals surface area contributed by atoms with Crippen LogP contribution >= 0.6 is 0 Å². The summed E-state index contributed by atoms with van der Waals surface area (Å²) in [4.78, 5) is 12.1. The van der Waals surface area contributed by atoms with E-state index in [1.807, 2.05) is 30.3 Å². The molecule has 0 aliphatic heterocycles. The van der Waals surface area contributed by atoms with E-state index in [1.165, 1.54) is 0 Å². The van der Waals surface area contributed by atoms with E-state index in [0.717, 1.165) is 5.56 Å². The molecule has 0 saturated carbocycles. The number of halogens is 3. The van der Waals surface area contributed by atoms with Gasteiger partial charge in [0, 0.05) is 19.3 Å². The molecule has 1 aromatic heterocycles. The maximum absolute atomic E-state index is 12.1. The highest BCUT2D eigenvalue weighted by Gasteiger charge is 2.27. The number of carbonyl (C=O) groups excluding carboxylic acids is 1. The summed E-state index contributed by atoms with van der Waals surface area (Å²) in [5.74, 6) is -0.346. The number of rotatable bonds is 7. The summed E-state index contributed by atoms with van der Waals surface area (Å²) in [5.41, 5.74) is 1.50. The average molecular weight is 326 g/mol. The molecular weight excluding hydrogens is 309 g/mol. The molecule has 4 nitrogen and oxygen atoms in total. The van der Waals surface area contributed by atoms with E-state index in [4.69, 9.17) is 0 Å². The van der Waals surface area contributed by atoms with E-state index in [9.17, 15) is 18.0 Å². The van der Waals surface area contributed by atoms with Crippen LogP contribution in [-0.4, -0.2) is 36.4 Å². The van der Waals surface area contributed by atoms with Gasteiger partial charge in [-0.25, -0.2) is 0 Å². The molecule has 0 saturated heterocycles. The third kappa shape index (κ3) is 5.78. The molecule has 23 heavy (non-hydrogen) atoms. The lowest BCUT2D eigenvalue weighted by Gasteiger charge is -2.11. The number of benzene rings is 1. The topological polar surface area (TPSA) is 43.3 Å².